The van der Waals surface area contributed by atoms with E-state index in [0.717, 1.165) is 17.0 Å². The quantitative estimate of drug-likeness (QED) is 0.714. The van der Waals surface area contributed by atoms with Crippen molar-refractivity contribution in [1.82, 2.24) is 10.3 Å². The first kappa shape index (κ1) is 16.1. The van der Waals surface area contributed by atoms with Gasteiger partial charge in [0.05, 0.1) is 12.8 Å². The molecule has 122 valence electrons. The predicted molar refractivity (Wildman–Crippen MR) is 92.9 cm³/mol. The summed E-state index contributed by atoms with van der Waals surface area (Å²) in [6.45, 7) is 0.963. The summed E-state index contributed by atoms with van der Waals surface area (Å²) in [6, 6.07) is 14.6. The Morgan fingerprint density at radius 3 is 2.71 bits per heavy atom. The number of carbonyl (C=O) groups is 1. The molecular weight excluding hydrogens is 326 g/mol. The first-order valence-corrected chi connectivity index (χ1v) is 7.83. The maximum absolute atomic E-state index is 12.2. The summed E-state index contributed by atoms with van der Waals surface area (Å²) in [4.78, 5) is 16.3. The third-order valence-corrected chi connectivity index (χ3v) is 3.66. The van der Waals surface area contributed by atoms with Crippen molar-refractivity contribution in [3.05, 3.63) is 83.0 Å². The standard InChI is InChI=1S/C18H16ClN3O2/c19-14-5-3-13(4-6-14)11-22-18(23)17-10-15(7-8-20-17)21-12-16-2-1-9-24-16/h1-10H,11-12H2,(H,20,21)(H,22,23). The minimum Gasteiger partial charge on any atom is -0.467 e. The molecule has 3 aromatic rings. The third-order valence-electron chi connectivity index (χ3n) is 3.41. The van der Waals surface area contributed by atoms with Gasteiger partial charge in [-0.25, -0.2) is 0 Å². The van der Waals surface area contributed by atoms with Crippen LogP contribution in [0.2, 0.25) is 5.02 Å². The van der Waals surface area contributed by atoms with E-state index in [1.54, 1.807) is 36.7 Å². The van der Waals surface area contributed by atoms with Crippen molar-refractivity contribution in [2.75, 3.05) is 5.32 Å². The van der Waals surface area contributed by atoms with E-state index in [1.807, 2.05) is 24.3 Å². The molecular formula is C18H16ClN3O2. The largest absolute Gasteiger partial charge is 0.467 e. The van der Waals surface area contributed by atoms with Crippen LogP contribution in [0.5, 0.6) is 0 Å². The fraction of sp³-hybridized carbons (Fsp3) is 0.111. The van der Waals surface area contributed by atoms with Gasteiger partial charge in [-0.2, -0.15) is 0 Å². The number of amides is 1. The van der Waals surface area contributed by atoms with Crippen LogP contribution >= 0.6 is 11.6 Å². The minimum absolute atomic E-state index is 0.230. The van der Waals surface area contributed by atoms with E-state index in [1.165, 1.54) is 0 Å². The molecule has 0 aliphatic carbocycles. The molecule has 0 spiro atoms. The number of pyridine rings is 1. The van der Waals surface area contributed by atoms with Crippen molar-refractivity contribution < 1.29 is 9.21 Å². The molecule has 1 amide bonds. The van der Waals surface area contributed by atoms with Crippen LogP contribution in [-0.2, 0) is 13.1 Å². The van der Waals surface area contributed by atoms with Crippen molar-refractivity contribution in [3.8, 4) is 0 Å². The summed E-state index contributed by atoms with van der Waals surface area (Å²) >= 11 is 5.84. The highest BCUT2D eigenvalue weighted by Gasteiger charge is 2.08. The van der Waals surface area contributed by atoms with Crippen LogP contribution in [0.15, 0.2) is 65.4 Å². The molecule has 0 aliphatic heterocycles. The Bertz CT molecular complexity index is 801. The van der Waals surface area contributed by atoms with Gasteiger partial charge in [-0.15, -0.1) is 0 Å². The highest BCUT2D eigenvalue weighted by Crippen LogP contribution is 2.12. The average molecular weight is 342 g/mol. The molecule has 0 aliphatic rings. The topological polar surface area (TPSA) is 67.2 Å². The molecule has 0 saturated carbocycles. The van der Waals surface area contributed by atoms with Crippen LogP contribution in [0, 0.1) is 0 Å². The Hall–Kier alpha value is -2.79. The molecule has 6 heteroatoms. The lowest BCUT2D eigenvalue weighted by Crippen LogP contribution is -2.23. The van der Waals surface area contributed by atoms with Gasteiger partial charge in [-0.05, 0) is 42.0 Å². The third kappa shape index (κ3) is 4.36. The molecule has 24 heavy (non-hydrogen) atoms. The van der Waals surface area contributed by atoms with E-state index < -0.39 is 0 Å². The molecule has 5 nitrogen and oxygen atoms in total. The summed E-state index contributed by atoms with van der Waals surface area (Å²) in [5.41, 5.74) is 2.13. The Morgan fingerprint density at radius 1 is 1.12 bits per heavy atom. The molecule has 2 aromatic heterocycles. The number of nitrogens with one attached hydrogen (secondary N) is 2. The zero-order chi connectivity index (χ0) is 16.8. The molecule has 2 N–H and O–H groups in total. The molecule has 0 radical (unpaired) electrons. The van der Waals surface area contributed by atoms with Gasteiger partial charge in [0.1, 0.15) is 11.5 Å². The highest BCUT2D eigenvalue weighted by atomic mass is 35.5. The van der Waals surface area contributed by atoms with Gasteiger partial charge < -0.3 is 15.1 Å². The van der Waals surface area contributed by atoms with Gasteiger partial charge in [-0.1, -0.05) is 23.7 Å². The second-order valence-corrected chi connectivity index (χ2v) is 5.61. The van der Waals surface area contributed by atoms with E-state index in [9.17, 15) is 4.79 Å². The van der Waals surface area contributed by atoms with E-state index in [4.69, 9.17) is 16.0 Å². The molecule has 0 saturated heterocycles. The van der Waals surface area contributed by atoms with Crippen LogP contribution in [0.3, 0.4) is 0 Å². The Morgan fingerprint density at radius 2 is 1.96 bits per heavy atom. The Labute approximate surface area is 144 Å². The number of anilines is 1. The number of halogens is 1. The number of benzene rings is 1. The lowest BCUT2D eigenvalue weighted by molar-refractivity contribution is 0.0946. The van der Waals surface area contributed by atoms with Crippen LogP contribution in [0.1, 0.15) is 21.8 Å². The SMILES string of the molecule is O=C(NCc1ccc(Cl)cc1)c1cc(NCc2ccco2)ccn1. The lowest BCUT2D eigenvalue weighted by atomic mass is 10.2. The number of carbonyl (C=O) groups excluding carboxylic acids is 1. The Kier molecular flexibility index (Phi) is 5.13. The van der Waals surface area contributed by atoms with E-state index >= 15 is 0 Å². The number of hydrogen-bond acceptors (Lipinski definition) is 4. The maximum atomic E-state index is 12.2. The number of aromatic nitrogens is 1. The van der Waals surface area contributed by atoms with E-state index in [2.05, 4.69) is 15.6 Å². The molecule has 0 fully saturated rings. The van der Waals surface area contributed by atoms with Gasteiger partial charge in [0.25, 0.3) is 5.91 Å². The summed E-state index contributed by atoms with van der Waals surface area (Å²) in [5.74, 6) is 0.590. The Balaban J connectivity index is 1.58. The summed E-state index contributed by atoms with van der Waals surface area (Å²) in [7, 11) is 0. The molecule has 0 atom stereocenters. The van der Waals surface area contributed by atoms with Crippen molar-refractivity contribution >= 4 is 23.2 Å². The second kappa shape index (κ2) is 7.66. The zero-order valence-corrected chi connectivity index (χ0v) is 13.6. The van der Waals surface area contributed by atoms with Gasteiger partial charge in [0.15, 0.2) is 0 Å². The zero-order valence-electron chi connectivity index (χ0n) is 12.8. The smallest absolute Gasteiger partial charge is 0.270 e. The molecule has 2 heterocycles. The van der Waals surface area contributed by atoms with Crippen LogP contribution in [0.4, 0.5) is 5.69 Å². The van der Waals surface area contributed by atoms with Gasteiger partial charge in [0.2, 0.25) is 0 Å². The number of nitrogens with zero attached hydrogens (tertiary/aromatic N) is 1. The summed E-state index contributed by atoms with van der Waals surface area (Å²) < 4.78 is 5.26. The molecule has 1 aromatic carbocycles. The molecule has 3 rings (SSSR count). The first-order valence-electron chi connectivity index (χ1n) is 7.46. The van der Waals surface area contributed by atoms with Crippen LogP contribution < -0.4 is 10.6 Å². The number of rotatable bonds is 6. The predicted octanol–water partition coefficient (Wildman–Crippen LogP) is 3.87. The van der Waals surface area contributed by atoms with Crippen molar-refractivity contribution in [2.45, 2.75) is 13.1 Å². The van der Waals surface area contributed by atoms with Gasteiger partial charge >= 0.3 is 0 Å². The fourth-order valence-electron chi connectivity index (χ4n) is 2.14. The normalized spacial score (nSPS) is 10.4. The fourth-order valence-corrected chi connectivity index (χ4v) is 2.27. The average Bonchev–Trinajstić information content (AvgIpc) is 3.13. The molecule has 0 bridgehead atoms. The van der Waals surface area contributed by atoms with Crippen LogP contribution in [-0.4, -0.2) is 10.9 Å². The molecule has 0 unspecified atom stereocenters. The number of furan rings is 1. The first-order chi connectivity index (χ1) is 11.7. The van der Waals surface area contributed by atoms with E-state index in [-0.39, 0.29) is 5.91 Å². The van der Waals surface area contributed by atoms with Crippen molar-refractivity contribution in [3.63, 3.8) is 0 Å². The minimum atomic E-state index is -0.230. The van der Waals surface area contributed by atoms with Gasteiger partial charge in [0, 0.05) is 23.5 Å². The maximum Gasteiger partial charge on any atom is 0.270 e. The number of hydrogen-bond donors (Lipinski definition) is 2. The summed E-state index contributed by atoms with van der Waals surface area (Å²) in [6.07, 6.45) is 3.22. The lowest BCUT2D eigenvalue weighted by Gasteiger charge is -2.08. The summed E-state index contributed by atoms with van der Waals surface area (Å²) in [5, 5.41) is 6.70. The van der Waals surface area contributed by atoms with E-state index in [0.29, 0.717) is 23.8 Å². The second-order valence-electron chi connectivity index (χ2n) is 5.17. The van der Waals surface area contributed by atoms with Crippen molar-refractivity contribution in [1.29, 1.82) is 0 Å². The van der Waals surface area contributed by atoms with Crippen molar-refractivity contribution in [2.24, 2.45) is 0 Å². The van der Waals surface area contributed by atoms with Gasteiger partial charge in [-0.3, -0.25) is 9.78 Å². The van der Waals surface area contributed by atoms with Crippen LogP contribution in [0.25, 0.3) is 0 Å². The highest BCUT2D eigenvalue weighted by molar-refractivity contribution is 6.30. The monoisotopic (exact) mass is 341 g/mol.